The van der Waals surface area contributed by atoms with Crippen LogP contribution in [0.2, 0.25) is 0 Å². The number of hydrogen-bond donors (Lipinski definition) is 0. The summed E-state index contributed by atoms with van der Waals surface area (Å²) >= 11 is 0. The number of aromatic nitrogens is 2. The topological polar surface area (TPSA) is 73.4 Å². The average molecular weight is 358 g/mol. The van der Waals surface area contributed by atoms with Crippen LogP contribution in [0.5, 0.6) is 0 Å². The molecule has 0 aliphatic carbocycles. The number of hydrogen-bond acceptors (Lipinski definition) is 4. The maximum Gasteiger partial charge on any atom is 0.0991 e. The largest absolute Gasteiger partial charge is 0.255 e. The van der Waals surface area contributed by atoms with Gasteiger partial charge in [0.05, 0.1) is 34.7 Å². The van der Waals surface area contributed by atoms with Crippen LogP contribution >= 0.6 is 0 Å². The zero-order valence-corrected chi connectivity index (χ0v) is 14.9. The molecular weight excluding hydrogens is 344 g/mol. The Morgan fingerprint density at radius 1 is 0.500 bits per heavy atom. The van der Waals surface area contributed by atoms with Gasteiger partial charge in [-0.2, -0.15) is 10.5 Å². The molecular formula is C24H14N4. The van der Waals surface area contributed by atoms with Gasteiger partial charge in [-0.3, -0.25) is 9.97 Å². The van der Waals surface area contributed by atoms with Crippen molar-refractivity contribution in [3.05, 3.63) is 96.3 Å². The molecule has 2 aromatic carbocycles. The Kier molecular flexibility index (Phi) is 4.61. The molecule has 0 fully saturated rings. The molecule has 0 unspecified atom stereocenters. The van der Waals surface area contributed by atoms with E-state index in [-0.39, 0.29) is 0 Å². The van der Waals surface area contributed by atoms with Crippen LogP contribution in [0.1, 0.15) is 11.1 Å². The van der Waals surface area contributed by atoms with E-state index in [1.165, 1.54) is 0 Å². The minimum atomic E-state index is 0.634. The van der Waals surface area contributed by atoms with Gasteiger partial charge in [-0.05, 0) is 70.8 Å². The molecule has 0 atom stereocenters. The number of nitrogens with zero attached hydrogens (tertiary/aromatic N) is 4. The van der Waals surface area contributed by atoms with Gasteiger partial charge in [0.25, 0.3) is 0 Å². The number of nitriles is 2. The van der Waals surface area contributed by atoms with Crippen molar-refractivity contribution in [2.24, 2.45) is 0 Å². The fraction of sp³-hybridized carbons (Fsp3) is 0. The smallest absolute Gasteiger partial charge is 0.0991 e. The lowest BCUT2D eigenvalue weighted by Crippen LogP contribution is -1.90. The van der Waals surface area contributed by atoms with Crippen molar-refractivity contribution in [3.8, 4) is 45.8 Å². The third-order valence-electron chi connectivity index (χ3n) is 4.48. The summed E-state index contributed by atoms with van der Waals surface area (Å²) < 4.78 is 0. The zero-order valence-electron chi connectivity index (χ0n) is 14.9. The molecule has 4 heteroatoms. The van der Waals surface area contributed by atoms with E-state index in [4.69, 9.17) is 10.5 Å². The van der Waals surface area contributed by atoms with Crippen molar-refractivity contribution >= 4 is 0 Å². The molecule has 4 nitrogen and oxygen atoms in total. The molecule has 0 N–H and O–H groups in total. The minimum absolute atomic E-state index is 0.634. The molecule has 4 aromatic rings. The Bertz CT molecular complexity index is 1110. The molecule has 0 saturated carbocycles. The predicted octanol–water partition coefficient (Wildman–Crippen LogP) is 5.22. The fourth-order valence-electron chi connectivity index (χ4n) is 2.97. The van der Waals surface area contributed by atoms with E-state index in [1.54, 1.807) is 36.7 Å². The summed E-state index contributed by atoms with van der Waals surface area (Å²) in [6.45, 7) is 0. The summed E-state index contributed by atoms with van der Waals surface area (Å²) in [7, 11) is 0. The van der Waals surface area contributed by atoms with Crippen molar-refractivity contribution in [1.29, 1.82) is 10.5 Å². The Balaban J connectivity index is 1.69. The highest BCUT2D eigenvalue weighted by molar-refractivity contribution is 5.73. The second-order valence-electron chi connectivity index (χ2n) is 6.24. The average Bonchev–Trinajstić information content (AvgIpc) is 2.79. The van der Waals surface area contributed by atoms with Crippen LogP contribution in [0.4, 0.5) is 0 Å². The first-order chi connectivity index (χ1) is 13.8. The molecule has 0 radical (unpaired) electrons. The third-order valence-corrected chi connectivity index (χ3v) is 4.48. The van der Waals surface area contributed by atoms with E-state index in [1.807, 2.05) is 48.5 Å². The summed E-state index contributed by atoms with van der Waals surface area (Å²) in [5.41, 5.74) is 6.89. The quantitative estimate of drug-likeness (QED) is 0.503. The van der Waals surface area contributed by atoms with Crippen molar-refractivity contribution in [3.63, 3.8) is 0 Å². The lowest BCUT2D eigenvalue weighted by Gasteiger charge is -2.07. The summed E-state index contributed by atoms with van der Waals surface area (Å²) in [6, 6.07) is 27.1. The maximum absolute atomic E-state index is 8.96. The number of rotatable bonds is 3. The van der Waals surface area contributed by atoms with Gasteiger partial charge in [-0.1, -0.05) is 24.3 Å². The van der Waals surface area contributed by atoms with Gasteiger partial charge in [0, 0.05) is 12.4 Å². The molecule has 0 aliphatic heterocycles. The lowest BCUT2D eigenvalue weighted by molar-refractivity contribution is 1.25. The van der Waals surface area contributed by atoms with Crippen LogP contribution in [-0.4, -0.2) is 9.97 Å². The minimum Gasteiger partial charge on any atom is -0.255 e. The zero-order chi connectivity index (χ0) is 19.3. The second-order valence-corrected chi connectivity index (χ2v) is 6.24. The Hall–Kier alpha value is -4.28. The molecule has 0 amide bonds. The van der Waals surface area contributed by atoms with Crippen molar-refractivity contribution < 1.29 is 0 Å². The molecule has 0 spiro atoms. The van der Waals surface area contributed by atoms with Crippen molar-refractivity contribution in [2.45, 2.75) is 0 Å². The molecule has 0 bridgehead atoms. The highest BCUT2D eigenvalue weighted by Crippen LogP contribution is 2.27. The standard InChI is InChI=1S/C24H14N4/c25-15-17-1-5-19(6-2-17)21-9-11-27-23(13-21)24-14-22(10-12-28-24)20-7-3-18(16-26)4-8-20/h1-14H. The van der Waals surface area contributed by atoms with E-state index in [9.17, 15) is 0 Å². The van der Waals surface area contributed by atoms with Crippen molar-refractivity contribution in [1.82, 2.24) is 9.97 Å². The summed E-state index contributed by atoms with van der Waals surface area (Å²) in [4.78, 5) is 8.95. The molecule has 4 rings (SSSR count). The molecule has 0 saturated heterocycles. The summed E-state index contributed by atoms with van der Waals surface area (Å²) in [5.74, 6) is 0. The number of pyridine rings is 2. The normalized spacial score (nSPS) is 10.1. The van der Waals surface area contributed by atoms with Crippen LogP contribution in [0.15, 0.2) is 85.2 Å². The van der Waals surface area contributed by atoms with Crippen LogP contribution < -0.4 is 0 Å². The van der Waals surface area contributed by atoms with Crippen LogP contribution in [0.3, 0.4) is 0 Å². The lowest BCUT2D eigenvalue weighted by atomic mass is 10.0. The van der Waals surface area contributed by atoms with E-state index in [0.717, 1.165) is 33.6 Å². The predicted molar refractivity (Wildman–Crippen MR) is 108 cm³/mol. The maximum atomic E-state index is 8.96. The van der Waals surface area contributed by atoms with Crippen molar-refractivity contribution in [2.75, 3.05) is 0 Å². The van der Waals surface area contributed by atoms with Crippen LogP contribution in [0.25, 0.3) is 33.6 Å². The molecule has 2 aromatic heterocycles. The molecule has 28 heavy (non-hydrogen) atoms. The Morgan fingerprint density at radius 3 is 1.25 bits per heavy atom. The van der Waals surface area contributed by atoms with Gasteiger partial charge in [0.1, 0.15) is 0 Å². The molecule has 130 valence electrons. The SMILES string of the molecule is N#Cc1ccc(-c2ccnc(-c3cc(-c4ccc(C#N)cc4)ccn3)c2)cc1. The highest BCUT2D eigenvalue weighted by Gasteiger charge is 2.07. The van der Waals surface area contributed by atoms with Gasteiger partial charge >= 0.3 is 0 Å². The first-order valence-electron chi connectivity index (χ1n) is 8.70. The number of benzene rings is 2. The Morgan fingerprint density at radius 2 is 0.893 bits per heavy atom. The highest BCUT2D eigenvalue weighted by atomic mass is 14.8. The van der Waals surface area contributed by atoms with E-state index >= 15 is 0 Å². The van der Waals surface area contributed by atoms with E-state index in [0.29, 0.717) is 11.1 Å². The van der Waals surface area contributed by atoms with Gasteiger partial charge in [0.2, 0.25) is 0 Å². The van der Waals surface area contributed by atoms with Gasteiger partial charge in [-0.15, -0.1) is 0 Å². The third kappa shape index (κ3) is 3.49. The van der Waals surface area contributed by atoms with Crippen LogP contribution in [0, 0.1) is 22.7 Å². The van der Waals surface area contributed by atoms with Gasteiger partial charge in [-0.25, -0.2) is 0 Å². The molecule has 2 heterocycles. The second kappa shape index (κ2) is 7.53. The van der Waals surface area contributed by atoms with Gasteiger partial charge in [0.15, 0.2) is 0 Å². The monoisotopic (exact) mass is 358 g/mol. The summed E-state index contributed by atoms with van der Waals surface area (Å²) in [6.07, 6.45) is 3.53. The van der Waals surface area contributed by atoms with E-state index < -0.39 is 0 Å². The summed E-state index contributed by atoms with van der Waals surface area (Å²) in [5, 5.41) is 17.9. The first-order valence-corrected chi connectivity index (χ1v) is 8.70. The van der Waals surface area contributed by atoms with Crippen LogP contribution in [-0.2, 0) is 0 Å². The first kappa shape index (κ1) is 17.1. The molecule has 0 aliphatic rings. The van der Waals surface area contributed by atoms with E-state index in [2.05, 4.69) is 22.1 Å². The fourth-order valence-corrected chi connectivity index (χ4v) is 2.97. The van der Waals surface area contributed by atoms with Gasteiger partial charge < -0.3 is 0 Å². The Labute approximate surface area is 163 Å².